The number of hydrogen-bond acceptors (Lipinski definition) is 3. The summed E-state index contributed by atoms with van der Waals surface area (Å²) in [6.45, 7) is 5.19. The Kier molecular flexibility index (Phi) is 4.98. The molecule has 1 aliphatic heterocycles. The third-order valence-corrected chi connectivity index (χ3v) is 6.75. The first-order valence-electron chi connectivity index (χ1n) is 10.0. The minimum absolute atomic E-state index is 0.0892. The number of carbonyl (C=O) groups excluding carboxylic acids is 1. The van der Waals surface area contributed by atoms with E-state index in [4.69, 9.17) is 0 Å². The van der Waals surface area contributed by atoms with Crippen LogP contribution >= 0.6 is 0 Å². The molecule has 0 spiro atoms. The molecule has 2 saturated carbocycles. The highest BCUT2D eigenvalue weighted by Crippen LogP contribution is 2.47. The summed E-state index contributed by atoms with van der Waals surface area (Å²) < 4.78 is 0. The summed E-state index contributed by atoms with van der Waals surface area (Å²) in [5, 5.41) is 3.20. The molecule has 25 heavy (non-hydrogen) atoms. The number of nitrogens with zero attached hydrogens (tertiary/aromatic N) is 2. The van der Waals surface area contributed by atoms with E-state index in [0.717, 1.165) is 50.1 Å². The monoisotopic (exact) mass is 341 g/mol. The lowest BCUT2D eigenvalue weighted by molar-refractivity contribution is 0.0943. The molecule has 0 bridgehead atoms. The van der Waals surface area contributed by atoms with Crippen LogP contribution in [0.4, 0.5) is 5.69 Å². The Labute approximate surface area is 151 Å². The number of carbonyl (C=O) groups is 1. The summed E-state index contributed by atoms with van der Waals surface area (Å²) >= 11 is 0. The Hall–Kier alpha value is -1.55. The molecule has 2 aliphatic carbocycles. The summed E-state index contributed by atoms with van der Waals surface area (Å²) in [6, 6.07) is 8.16. The van der Waals surface area contributed by atoms with Crippen molar-refractivity contribution < 1.29 is 4.79 Å². The van der Waals surface area contributed by atoms with Crippen LogP contribution in [-0.2, 0) is 0 Å². The second-order valence-electron chi connectivity index (χ2n) is 8.24. The molecule has 1 aromatic carbocycles. The van der Waals surface area contributed by atoms with Gasteiger partial charge in [0.1, 0.15) is 0 Å². The molecule has 3 aliphatic rings. The van der Waals surface area contributed by atoms with Crippen molar-refractivity contribution in [3.63, 3.8) is 0 Å². The van der Waals surface area contributed by atoms with Gasteiger partial charge >= 0.3 is 0 Å². The molecule has 4 nitrogen and oxygen atoms in total. The van der Waals surface area contributed by atoms with Gasteiger partial charge in [0.15, 0.2) is 0 Å². The smallest absolute Gasteiger partial charge is 0.251 e. The van der Waals surface area contributed by atoms with Crippen LogP contribution in [0.25, 0.3) is 0 Å². The van der Waals surface area contributed by atoms with Crippen molar-refractivity contribution in [3.8, 4) is 0 Å². The first-order valence-corrected chi connectivity index (χ1v) is 10.0. The lowest BCUT2D eigenvalue weighted by Crippen LogP contribution is -2.44. The Morgan fingerprint density at radius 3 is 2.56 bits per heavy atom. The van der Waals surface area contributed by atoms with E-state index in [0.29, 0.717) is 5.92 Å². The van der Waals surface area contributed by atoms with Crippen LogP contribution < -0.4 is 10.2 Å². The number of nitrogens with one attached hydrogen (secondary N) is 1. The molecule has 3 atom stereocenters. The van der Waals surface area contributed by atoms with Gasteiger partial charge in [0.25, 0.3) is 5.91 Å². The number of likely N-dealkylation sites (N-methyl/N-ethyl adjacent to an activating group) is 1. The average molecular weight is 341 g/mol. The van der Waals surface area contributed by atoms with Gasteiger partial charge in [-0.05, 0) is 68.3 Å². The van der Waals surface area contributed by atoms with Gasteiger partial charge in [0.05, 0.1) is 0 Å². The van der Waals surface area contributed by atoms with Crippen LogP contribution in [0.1, 0.15) is 42.5 Å². The van der Waals surface area contributed by atoms with E-state index in [1.807, 2.05) is 12.1 Å². The Bertz CT molecular complexity index is 592. The highest BCUT2D eigenvalue weighted by molar-refractivity contribution is 5.94. The largest absolute Gasteiger partial charge is 0.369 e. The summed E-state index contributed by atoms with van der Waals surface area (Å²) in [5.41, 5.74) is 2.02. The molecule has 4 rings (SSSR count). The van der Waals surface area contributed by atoms with E-state index in [9.17, 15) is 4.79 Å². The Morgan fingerprint density at radius 1 is 1.04 bits per heavy atom. The van der Waals surface area contributed by atoms with Gasteiger partial charge < -0.3 is 15.1 Å². The predicted molar refractivity (Wildman–Crippen MR) is 102 cm³/mol. The van der Waals surface area contributed by atoms with Crippen molar-refractivity contribution >= 4 is 11.6 Å². The van der Waals surface area contributed by atoms with E-state index in [1.165, 1.54) is 37.8 Å². The third kappa shape index (κ3) is 3.69. The fourth-order valence-electron chi connectivity index (χ4n) is 5.15. The fraction of sp³-hybridized carbons (Fsp3) is 0.667. The first-order chi connectivity index (χ1) is 12.2. The molecular weight excluding hydrogens is 310 g/mol. The topological polar surface area (TPSA) is 35.6 Å². The van der Waals surface area contributed by atoms with Gasteiger partial charge in [-0.1, -0.05) is 12.8 Å². The van der Waals surface area contributed by atoms with Gasteiger partial charge in [-0.25, -0.2) is 0 Å². The molecule has 1 N–H and O–H groups in total. The number of anilines is 1. The van der Waals surface area contributed by atoms with E-state index in [-0.39, 0.29) is 5.91 Å². The minimum atomic E-state index is 0.0892. The molecule has 1 aromatic rings. The molecular formula is C21H31N3O. The summed E-state index contributed by atoms with van der Waals surface area (Å²) in [6.07, 6.45) is 6.88. The van der Waals surface area contributed by atoms with Crippen molar-refractivity contribution in [2.24, 2.45) is 17.8 Å². The molecule has 1 amide bonds. The van der Waals surface area contributed by atoms with E-state index < -0.39 is 0 Å². The molecule has 0 unspecified atom stereocenters. The van der Waals surface area contributed by atoms with Crippen molar-refractivity contribution in [2.75, 3.05) is 44.7 Å². The minimum Gasteiger partial charge on any atom is -0.369 e. The number of hydrogen-bond donors (Lipinski definition) is 1. The van der Waals surface area contributed by atoms with E-state index >= 15 is 0 Å². The number of amides is 1. The lowest BCUT2D eigenvalue weighted by Gasteiger charge is -2.34. The second kappa shape index (κ2) is 7.36. The summed E-state index contributed by atoms with van der Waals surface area (Å²) in [7, 11) is 2.17. The van der Waals surface area contributed by atoms with Gasteiger partial charge in [-0.3, -0.25) is 4.79 Å². The van der Waals surface area contributed by atoms with Crippen molar-refractivity contribution in [1.29, 1.82) is 0 Å². The SMILES string of the molecule is CN1CCN(c2ccc(C(=O)NC[C@H]3CC[C@@H]4CCC[C@@H]43)cc2)CC1. The zero-order valence-corrected chi connectivity index (χ0v) is 15.4. The Balaban J connectivity index is 1.30. The molecule has 3 fully saturated rings. The molecule has 0 aromatic heterocycles. The molecule has 0 radical (unpaired) electrons. The van der Waals surface area contributed by atoms with E-state index in [1.54, 1.807) is 0 Å². The zero-order valence-electron chi connectivity index (χ0n) is 15.4. The first kappa shape index (κ1) is 16.9. The molecule has 1 saturated heterocycles. The predicted octanol–water partition coefficient (Wildman–Crippen LogP) is 2.99. The highest BCUT2D eigenvalue weighted by Gasteiger charge is 2.38. The number of rotatable bonds is 4. The molecule has 4 heteroatoms. The normalized spacial score (nSPS) is 29.6. The second-order valence-corrected chi connectivity index (χ2v) is 8.24. The maximum atomic E-state index is 12.5. The van der Waals surface area contributed by atoms with E-state index in [2.05, 4.69) is 34.3 Å². The van der Waals surface area contributed by atoms with Crippen molar-refractivity contribution in [2.45, 2.75) is 32.1 Å². The van der Waals surface area contributed by atoms with Crippen LogP contribution in [0, 0.1) is 17.8 Å². The van der Waals surface area contributed by atoms with Crippen LogP contribution in [0.3, 0.4) is 0 Å². The fourth-order valence-corrected chi connectivity index (χ4v) is 5.15. The number of fused-ring (bicyclic) bond motifs is 1. The van der Waals surface area contributed by atoms with Crippen LogP contribution in [0.15, 0.2) is 24.3 Å². The number of benzene rings is 1. The Morgan fingerprint density at radius 2 is 1.80 bits per heavy atom. The van der Waals surface area contributed by atoms with Crippen LogP contribution in [-0.4, -0.2) is 50.6 Å². The van der Waals surface area contributed by atoms with Crippen molar-refractivity contribution in [3.05, 3.63) is 29.8 Å². The summed E-state index contributed by atoms with van der Waals surface area (Å²) in [4.78, 5) is 17.3. The lowest BCUT2D eigenvalue weighted by atomic mass is 9.92. The van der Waals surface area contributed by atoms with Gasteiger partial charge in [-0.15, -0.1) is 0 Å². The van der Waals surface area contributed by atoms with Gasteiger partial charge in [0.2, 0.25) is 0 Å². The van der Waals surface area contributed by atoms with Gasteiger partial charge in [0, 0.05) is 44.0 Å². The molecule has 1 heterocycles. The van der Waals surface area contributed by atoms with Crippen LogP contribution in [0.2, 0.25) is 0 Å². The maximum Gasteiger partial charge on any atom is 0.251 e. The van der Waals surface area contributed by atoms with Crippen molar-refractivity contribution in [1.82, 2.24) is 10.2 Å². The molecule has 136 valence electrons. The highest BCUT2D eigenvalue weighted by atomic mass is 16.1. The average Bonchev–Trinajstić information content (AvgIpc) is 3.25. The third-order valence-electron chi connectivity index (χ3n) is 6.75. The summed E-state index contributed by atoms with van der Waals surface area (Å²) in [5.74, 6) is 2.62. The van der Waals surface area contributed by atoms with Gasteiger partial charge in [-0.2, -0.15) is 0 Å². The standard InChI is InChI=1S/C21H31N3O/c1-23-11-13-24(14-12-23)19-9-7-17(8-10-19)21(25)22-15-18-6-5-16-3-2-4-20(16)18/h7-10,16,18,20H,2-6,11-15H2,1H3,(H,22,25)/t16-,18+,20-/m0/s1. The van der Waals surface area contributed by atoms with Crippen LogP contribution in [0.5, 0.6) is 0 Å². The quantitative estimate of drug-likeness (QED) is 0.914. The number of piperazine rings is 1. The maximum absolute atomic E-state index is 12.5. The zero-order chi connectivity index (χ0) is 17.2.